The first-order valence-corrected chi connectivity index (χ1v) is 9.22. The molecule has 2 nitrogen and oxygen atoms in total. The summed E-state index contributed by atoms with van der Waals surface area (Å²) in [5.41, 5.74) is 5.79. The lowest BCUT2D eigenvalue weighted by atomic mass is 9.88. The number of unbranched alkanes of at least 4 members (excludes halogenated alkanes) is 9. The van der Waals surface area contributed by atoms with Crippen molar-refractivity contribution in [2.24, 2.45) is 11.7 Å². The van der Waals surface area contributed by atoms with E-state index in [1.54, 1.807) is 0 Å². The third kappa shape index (κ3) is 11.9. The Morgan fingerprint density at radius 1 is 0.905 bits per heavy atom. The van der Waals surface area contributed by atoms with E-state index >= 15 is 0 Å². The van der Waals surface area contributed by atoms with E-state index in [4.69, 9.17) is 5.73 Å². The predicted molar refractivity (Wildman–Crippen MR) is 93.2 cm³/mol. The van der Waals surface area contributed by atoms with Gasteiger partial charge < -0.3 is 5.73 Å². The quantitative estimate of drug-likeness (QED) is 0.409. The molecule has 0 saturated carbocycles. The fourth-order valence-corrected chi connectivity index (χ4v) is 2.89. The van der Waals surface area contributed by atoms with Crippen LogP contribution in [0.25, 0.3) is 0 Å². The summed E-state index contributed by atoms with van der Waals surface area (Å²) in [5, 5.41) is 0. The first kappa shape index (κ1) is 20.6. The molecule has 0 rings (SSSR count). The Labute approximate surface area is 133 Å². The summed E-state index contributed by atoms with van der Waals surface area (Å²) in [6, 6.07) is -0.299. The third-order valence-electron chi connectivity index (χ3n) is 4.31. The third-order valence-corrected chi connectivity index (χ3v) is 4.31. The number of ketones is 1. The highest BCUT2D eigenvalue weighted by molar-refractivity contribution is 5.85. The average molecular weight is 297 g/mol. The fraction of sp³-hybridized carbons (Fsp3) is 0.895. The molecule has 0 aliphatic heterocycles. The Bertz CT molecular complexity index is 238. The van der Waals surface area contributed by atoms with Gasteiger partial charge in [0.1, 0.15) is 0 Å². The molecule has 1 unspecified atom stereocenters. The van der Waals surface area contributed by atoms with Gasteiger partial charge in [0.25, 0.3) is 0 Å². The van der Waals surface area contributed by atoms with Crippen molar-refractivity contribution < 1.29 is 4.79 Å². The number of hydrogen-bond donors (Lipinski definition) is 1. The second-order valence-corrected chi connectivity index (χ2v) is 6.50. The van der Waals surface area contributed by atoms with Gasteiger partial charge in [-0.15, -0.1) is 0 Å². The molecule has 125 valence electrons. The van der Waals surface area contributed by atoms with Crippen LogP contribution in [0.1, 0.15) is 97.3 Å². The smallest absolute Gasteiger partial charge is 0.152 e. The maximum atomic E-state index is 12.2. The zero-order valence-corrected chi connectivity index (χ0v) is 14.5. The van der Waals surface area contributed by atoms with Crippen LogP contribution >= 0.6 is 0 Å². The number of hydrogen-bond acceptors (Lipinski definition) is 2. The van der Waals surface area contributed by atoms with E-state index in [-0.39, 0.29) is 17.7 Å². The molecule has 0 aliphatic carbocycles. The van der Waals surface area contributed by atoms with Gasteiger partial charge in [-0.05, 0) is 19.8 Å². The molecule has 0 saturated heterocycles. The molecule has 0 bridgehead atoms. The molecule has 2 atom stereocenters. The number of carbonyl (C=O) groups is 1. The van der Waals surface area contributed by atoms with Gasteiger partial charge in [-0.2, -0.15) is 0 Å². The van der Waals surface area contributed by atoms with Gasteiger partial charge in [0.15, 0.2) is 5.78 Å². The number of Topliss-reactive ketones (excluding diaryl/α,β-unsaturated/α-hetero) is 1. The molecule has 0 spiro atoms. The maximum absolute atomic E-state index is 12.2. The highest BCUT2D eigenvalue weighted by Gasteiger charge is 2.20. The lowest BCUT2D eigenvalue weighted by Gasteiger charge is -2.18. The van der Waals surface area contributed by atoms with Crippen molar-refractivity contribution in [2.75, 3.05) is 0 Å². The van der Waals surface area contributed by atoms with Crippen LogP contribution in [0.2, 0.25) is 0 Å². The summed E-state index contributed by atoms with van der Waals surface area (Å²) in [6.07, 6.45) is 15.7. The molecule has 0 heterocycles. The zero-order valence-electron chi connectivity index (χ0n) is 14.5. The zero-order chi connectivity index (χ0) is 15.9. The van der Waals surface area contributed by atoms with E-state index in [1.807, 2.05) is 6.92 Å². The Balaban J connectivity index is 3.85. The lowest BCUT2D eigenvalue weighted by molar-refractivity contribution is -0.124. The first-order chi connectivity index (χ1) is 10.1. The monoisotopic (exact) mass is 296 g/mol. The van der Waals surface area contributed by atoms with Gasteiger partial charge in [0, 0.05) is 5.92 Å². The van der Waals surface area contributed by atoms with Crippen LogP contribution in [0, 0.1) is 12.8 Å². The minimum Gasteiger partial charge on any atom is -0.322 e. The van der Waals surface area contributed by atoms with Gasteiger partial charge >= 0.3 is 0 Å². The number of nitrogens with two attached hydrogens (primary N) is 1. The van der Waals surface area contributed by atoms with Crippen molar-refractivity contribution in [3.8, 4) is 0 Å². The average Bonchev–Trinajstić information content (AvgIpc) is 2.47. The van der Waals surface area contributed by atoms with E-state index in [9.17, 15) is 4.79 Å². The molecule has 2 N–H and O–H groups in total. The first-order valence-electron chi connectivity index (χ1n) is 9.22. The summed E-state index contributed by atoms with van der Waals surface area (Å²) in [5.74, 6) is 0.473. The molecule has 0 amide bonds. The summed E-state index contributed by atoms with van der Waals surface area (Å²) in [6.45, 7) is 7.95. The van der Waals surface area contributed by atoms with Crippen LogP contribution in [0.3, 0.4) is 0 Å². The Morgan fingerprint density at radius 3 is 1.86 bits per heavy atom. The van der Waals surface area contributed by atoms with E-state index in [2.05, 4.69) is 13.8 Å². The van der Waals surface area contributed by atoms with Crippen molar-refractivity contribution >= 4 is 5.78 Å². The topological polar surface area (TPSA) is 43.1 Å². The van der Waals surface area contributed by atoms with Gasteiger partial charge in [-0.25, -0.2) is 0 Å². The molecule has 0 aromatic rings. The largest absolute Gasteiger partial charge is 0.322 e. The highest BCUT2D eigenvalue weighted by atomic mass is 16.1. The molecular weight excluding hydrogens is 258 g/mol. The minimum atomic E-state index is -0.299. The molecule has 0 aliphatic rings. The van der Waals surface area contributed by atoms with Crippen LogP contribution in [-0.2, 0) is 4.79 Å². The van der Waals surface area contributed by atoms with Gasteiger partial charge in [-0.1, -0.05) is 84.5 Å². The van der Waals surface area contributed by atoms with Crippen LogP contribution in [0.5, 0.6) is 0 Å². The summed E-state index contributed by atoms with van der Waals surface area (Å²) < 4.78 is 0. The Hall–Kier alpha value is -0.370. The molecule has 0 aromatic carbocycles. The molecule has 21 heavy (non-hydrogen) atoms. The fourth-order valence-electron chi connectivity index (χ4n) is 2.89. The summed E-state index contributed by atoms with van der Waals surface area (Å²) >= 11 is 0. The van der Waals surface area contributed by atoms with Crippen molar-refractivity contribution in [2.45, 2.75) is 103 Å². The van der Waals surface area contributed by atoms with Crippen molar-refractivity contribution in [3.05, 3.63) is 6.92 Å². The highest BCUT2D eigenvalue weighted by Crippen LogP contribution is 2.20. The van der Waals surface area contributed by atoms with Crippen LogP contribution in [0.4, 0.5) is 0 Å². The van der Waals surface area contributed by atoms with Gasteiger partial charge in [0.2, 0.25) is 0 Å². The molecule has 1 radical (unpaired) electrons. The van der Waals surface area contributed by atoms with Crippen LogP contribution < -0.4 is 5.73 Å². The molecule has 0 fully saturated rings. The second-order valence-electron chi connectivity index (χ2n) is 6.50. The van der Waals surface area contributed by atoms with Crippen molar-refractivity contribution in [1.82, 2.24) is 0 Å². The summed E-state index contributed by atoms with van der Waals surface area (Å²) in [7, 11) is 0. The Kier molecular flexibility index (Phi) is 14.3. The van der Waals surface area contributed by atoms with E-state index in [1.165, 1.54) is 57.8 Å². The van der Waals surface area contributed by atoms with E-state index < -0.39 is 0 Å². The Morgan fingerprint density at radius 2 is 1.38 bits per heavy atom. The minimum absolute atomic E-state index is 0.199. The van der Waals surface area contributed by atoms with E-state index in [0.717, 1.165) is 25.7 Å². The standard InChI is InChI=1S/C19H38NO/c1-4-6-8-10-11-12-14-16-18(19(21)17(3)20)15-13-9-7-5-2/h17-18H,2,4-16,20H2,1,3H3/t17-,18?/m0/s1. The molecule has 0 aromatic heterocycles. The van der Waals surface area contributed by atoms with E-state index in [0.29, 0.717) is 0 Å². The molecule has 2 heteroatoms. The maximum Gasteiger partial charge on any atom is 0.152 e. The van der Waals surface area contributed by atoms with Crippen molar-refractivity contribution in [1.29, 1.82) is 0 Å². The van der Waals surface area contributed by atoms with Crippen molar-refractivity contribution in [3.63, 3.8) is 0 Å². The summed E-state index contributed by atoms with van der Waals surface area (Å²) in [4.78, 5) is 12.2. The van der Waals surface area contributed by atoms with Gasteiger partial charge in [0.05, 0.1) is 6.04 Å². The normalized spacial score (nSPS) is 14.1. The lowest BCUT2D eigenvalue weighted by Crippen LogP contribution is -2.32. The van der Waals surface area contributed by atoms with Crippen LogP contribution in [-0.4, -0.2) is 11.8 Å². The number of carbonyl (C=O) groups excluding carboxylic acids is 1. The number of rotatable bonds is 15. The predicted octanol–water partition coefficient (Wildman–Crippen LogP) is 5.44. The SMILES string of the molecule is [CH2]CCCCCC(CCCCCCCCC)C(=O)[C@H](C)N. The van der Waals surface area contributed by atoms with Gasteiger partial charge in [-0.3, -0.25) is 4.79 Å². The van der Waals surface area contributed by atoms with Crippen LogP contribution in [0.15, 0.2) is 0 Å². The molecular formula is C19H38NO. The second kappa shape index (κ2) is 14.6.